The van der Waals surface area contributed by atoms with Crippen molar-refractivity contribution in [2.45, 2.75) is 24.7 Å². The third-order valence-electron chi connectivity index (χ3n) is 7.81. The van der Waals surface area contributed by atoms with Crippen molar-refractivity contribution in [1.82, 2.24) is 9.21 Å². The summed E-state index contributed by atoms with van der Waals surface area (Å²) < 4.78 is 34.0. The second kappa shape index (κ2) is 10.8. The Bertz CT molecular complexity index is 1400. The van der Waals surface area contributed by atoms with E-state index in [1.807, 2.05) is 35.2 Å². The predicted octanol–water partition coefficient (Wildman–Crippen LogP) is 4.07. The number of benzene rings is 3. The molecule has 0 aromatic heterocycles. The minimum absolute atomic E-state index is 0.0304. The molecular formula is C30H35N3O4S. The zero-order chi connectivity index (χ0) is 26.9. The number of piperazine rings is 1. The van der Waals surface area contributed by atoms with Crippen LogP contribution in [0.3, 0.4) is 0 Å². The fraction of sp³-hybridized carbons (Fsp3) is 0.367. The number of carbonyl (C=O) groups is 1. The van der Waals surface area contributed by atoms with Gasteiger partial charge in [-0.25, -0.2) is 8.42 Å². The van der Waals surface area contributed by atoms with Crippen LogP contribution in [0, 0.1) is 19.8 Å². The van der Waals surface area contributed by atoms with Gasteiger partial charge in [-0.05, 0) is 48.7 Å². The molecule has 0 radical (unpaired) electrons. The summed E-state index contributed by atoms with van der Waals surface area (Å²) in [5.41, 5.74) is 4.66. The van der Waals surface area contributed by atoms with Crippen molar-refractivity contribution < 1.29 is 17.9 Å². The molecule has 200 valence electrons. The number of aryl methyl sites for hydroxylation is 2. The van der Waals surface area contributed by atoms with E-state index in [1.165, 1.54) is 34.3 Å². The number of hydrogen-bond donors (Lipinski definition) is 0. The summed E-state index contributed by atoms with van der Waals surface area (Å²) in [4.78, 5) is 18.4. The van der Waals surface area contributed by atoms with E-state index in [0.717, 1.165) is 18.7 Å². The smallest absolute Gasteiger partial charge is 0.243 e. The molecule has 3 aromatic rings. The van der Waals surface area contributed by atoms with E-state index in [1.54, 1.807) is 18.2 Å². The normalized spacial score (nSPS) is 20.5. The molecule has 2 heterocycles. The first-order valence-corrected chi connectivity index (χ1v) is 14.5. The molecule has 2 aliphatic rings. The third kappa shape index (κ3) is 5.15. The summed E-state index contributed by atoms with van der Waals surface area (Å²) in [5.74, 6) is -0.131. The SMILES string of the molecule is COc1cccc(S(=O)(=O)N2CC(C(=O)N3CCN(c4cc(C)ccc4C)CC3)C(c3ccccc3)C2)c1. The number of sulfonamides is 1. The maximum Gasteiger partial charge on any atom is 0.243 e. The molecule has 7 nitrogen and oxygen atoms in total. The van der Waals surface area contributed by atoms with Gasteiger partial charge < -0.3 is 14.5 Å². The lowest BCUT2D eigenvalue weighted by Crippen LogP contribution is -2.51. The Labute approximate surface area is 225 Å². The van der Waals surface area contributed by atoms with Gasteiger partial charge in [0.25, 0.3) is 0 Å². The largest absolute Gasteiger partial charge is 0.497 e. The average molecular weight is 534 g/mol. The van der Waals surface area contributed by atoms with Crippen molar-refractivity contribution in [3.63, 3.8) is 0 Å². The highest BCUT2D eigenvalue weighted by Crippen LogP contribution is 2.37. The number of ether oxygens (including phenoxy) is 1. The lowest BCUT2D eigenvalue weighted by atomic mass is 9.88. The summed E-state index contributed by atoms with van der Waals surface area (Å²) in [6.07, 6.45) is 0. The Kier molecular flexibility index (Phi) is 7.45. The molecule has 2 saturated heterocycles. The highest BCUT2D eigenvalue weighted by Gasteiger charge is 2.45. The number of anilines is 1. The Morgan fingerprint density at radius 2 is 1.61 bits per heavy atom. The molecule has 38 heavy (non-hydrogen) atoms. The van der Waals surface area contributed by atoms with Gasteiger partial charge in [-0.1, -0.05) is 48.5 Å². The van der Waals surface area contributed by atoms with Gasteiger partial charge >= 0.3 is 0 Å². The van der Waals surface area contributed by atoms with Crippen LogP contribution in [0.5, 0.6) is 5.75 Å². The molecule has 8 heteroatoms. The molecule has 1 amide bonds. The van der Waals surface area contributed by atoms with E-state index in [2.05, 4.69) is 36.9 Å². The predicted molar refractivity (Wildman–Crippen MR) is 149 cm³/mol. The zero-order valence-electron chi connectivity index (χ0n) is 22.2. The fourth-order valence-corrected chi connectivity index (χ4v) is 7.15. The molecule has 2 fully saturated rings. The zero-order valence-corrected chi connectivity index (χ0v) is 23.0. The maximum atomic E-state index is 13.9. The molecule has 0 spiro atoms. The van der Waals surface area contributed by atoms with Crippen molar-refractivity contribution in [1.29, 1.82) is 0 Å². The van der Waals surface area contributed by atoms with Crippen LogP contribution in [0.15, 0.2) is 77.7 Å². The van der Waals surface area contributed by atoms with E-state index in [0.29, 0.717) is 18.8 Å². The first-order valence-electron chi connectivity index (χ1n) is 13.1. The number of amides is 1. The number of nitrogens with zero attached hydrogens (tertiary/aromatic N) is 3. The van der Waals surface area contributed by atoms with E-state index in [-0.39, 0.29) is 29.8 Å². The van der Waals surface area contributed by atoms with Crippen molar-refractivity contribution in [2.24, 2.45) is 5.92 Å². The van der Waals surface area contributed by atoms with Crippen LogP contribution in [-0.2, 0) is 14.8 Å². The van der Waals surface area contributed by atoms with Gasteiger partial charge in [-0.2, -0.15) is 4.31 Å². The first kappa shape index (κ1) is 26.3. The minimum atomic E-state index is -3.79. The number of rotatable bonds is 6. The molecule has 2 atom stereocenters. The summed E-state index contributed by atoms with van der Waals surface area (Å²) in [5, 5.41) is 0. The monoisotopic (exact) mass is 533 g/mol. The van der Waals surface area contributed by atoms with Crippen LogP contribution < -0.4 is 9.64 Å². The van der Waals surface area contributed by atoms with Gasteiger partial charge in [0.15, 0.2) is 0 Å². The van der Waals surface area contributed by atoms with Crippen LogP contribution >= 0.6 is 0 Å². The minimum Gasteiger partial charge on any atom is -0.497 e. The molecule has 2 unspecified atom stereocenters. The second-order valence-electron chi connectivity index (χ2n) is 10.2. The van der Waals surface area contributed by atoms with Gasteiger partial charge in [0.1, 0.15) is 5.75 Å². The highest BCUT2D eigenvalue weighted by molar-refractivity contribution is 7.89. The van der Waals surface area contributed by atoms with Crippen LogP contribution in [0.2, 0.25) is 0 Å². The van der Waals surface area contributed by atoms with Crippen molar-refractivity contribution in [2.75, 3.05) is 51.3 Å². The second-order valence-corrected chi connectivity index (χ2v) is 12.2. The first-order chi connectivity index (χ1) is 18.3. The molecule has 2 aliphatic heterocycles. The van der Waals surface area contributed by atoms with E-state index >= 15 is 0 Å². The Morgan fingerprint density at radius 3 is 2.32 bits per heavy atom. The standard InChI is InChI=1S/C30H35N3O4S/c1-22-12-13-23(2)29(18-22)31-14-16-32(17-15-31)30(34)28-21-33(20-27(28)24-8-5-4-6-9-24)38(35,36)26-11-7-10-25(19-26)37-3/h4-13,18-19,27-28H,14-17,20-21H2,1-3H3. The maximum absolute atomic E-state index is 13.9. The average Bonchev–Trinajstić information content (AvgIpc) is 3.41. The summed E-state index contributed by atoms with van der Waals surface area (Å²) in [7, 11) is -2.27. The van der Waals surface area contributed by atoms with Gasteiger partial charge in [-0.15, -0.1) is 0 Å². The quantitative estimate of drug-likeness (QED) is 0.478. The summed E-state index contributed by atoms with van der Waals surface area (Å²) >= 11 is 0. The molecule has 5 rings (SSSR count). The van der Waals surface area contributed by atoms with Crippen molar-refractivity contribution >= 4 is 21.6 Å². The fourth-order valence-electron chi connectivity index (χ4n) is 5.63. The highest BCUT2D eigenvalue weighted by atomic mass is 32.2. The van der Waals surface area contributed by atoms with Crippen LogP contribution in [0.4, 0.5) is 5.69 Å². The van der Waals surface area contributed by atoms with Gasteiger partial charge in [0.2, 0.25) is 15.9 Å². The summed E-state index contributed by atoms with van der Waals surface area (Å²) in [6.45, 7) is 7.39. The molecule has 0 bridgehead atoms. The molecule has 0 N–H and O–H groups in total. The Hall–Kier alpha value is -3.36. The van der Waals surface area contributed by atoms with E-state index in [9.17, 15) is 13.2 Å². The number of hydrogen-bond acceptors (Lipinski definition) is 5. The number of methoxy groups -OCH3 is 1. The molecule has 3 aromatic carbocycles. The van der Waals surface area contributed by atoms with Gasteiger partial charge in [0, 0.05) is 56.9 Å². The Balaban J connectivity index is 1.36. The van der Waals surface area contributed by atoms with Crippen molar-refractivity contribution in [3.05, 3.63) is 89.5 Å². The summed E-state index contributed by atoms with van der Waals surface area (Å²) in [6, 6.07) is 22.8. The lowest BCUT2D eigenvalue weighted by Gasteiger charge is -2.38. The molecule has 0 aliphatic carbocycles. The van der Waals surface area contributed by atoms with Crippen LogP contribution in [-0.4, -0.2) is 69.9 Å². The Morgan fingerprint density at radius 1 is 0.868 bits per heavy atom. The van der Waals surface area contributed by atoms with Crippen molar-refractivity contribution in [3.8, 4) is 5.75 Å². The van der Waals surface area contributed by atoms with Gasteiger partial charge in [-0.3, -0.25) is 4.79 Å². The molecule has 0 saturated carbocycles. The lowest BCUT2D eigenvalue weighted by molar-refractivity contribution is -0.135. The van der Waals surface area contributed by atoms with E-state index < -0.39 is 15.9 Å². The van der Waals surface area contributed by atoms with Crippen LogP contribution in [0.1, 0.15) is 22.6 Å². The van der Waals surface area contributed by atoms with E-state index in [4.69, 9.17) is 4.74 Å². The third-order valence-corrected chi connectivity index (χ3v) is 9.63. The number of carbonyl (C=O) groups excluding carboxylic acids is 1. The topological polar surface area (TPSA) is 70.2 Å². The van der Waals surface area contributed by atoms with Crippen LogP contribution in [0.25, 0.3) is 0 Å². The molecular weight excluding hydrogens is 498 g/mol. The van der Waals surface area contributed by atoms with Gasteiger partial charge in [0.05, 0.1) is 17.9 Å².